The second-order valence-electron chi connectivity index (χ2n) is 6.68. The number of methoxy groups -OCH3 is 1. The van der Waals surface area contributed by atoms with Crippen molar-refractivity contribution in [3.63, 3.8) is 0 Å². The van der Waals surface area contributed by atoms with Gasteiger partial charge in [0.05, 0.1) is 13.5 Å². The van der Waals surface area contributed by atoms with Crippen molar-refractivity contribution in [2.24, 2.45) is 0 Å². The molecule has 0 bridgehead atoms. The van der Waals surface area contributed by atoms with E-state index >= 15 is 0 Å². The molecule has 2 heterocycles. The summed E-state index contributed by atoms with van der Waals surface area (Å²) in [6.07, 6.45) is 0.322. The quantitative estimate of drug-likeness (QED) is 0.496. The predicted molar refractivity (Wildman–Crippen MR) is 112 cm³/mol. The summed E-state index contributed by atoms with van der Waals surface area (Å²) in [7, 11) is 1.61. The lowest BCUT2D eigenvalue weighted by atomic mass is 10.0. The minimum atomic E-state index is -0.0841. The first-order valence-corrected chi connectivity index (χ1v) is 9.80. The normalized spacial score (nSPS) is 11.0. The van der Waals surface area contributed by atoms with Crippen LogP contribution in [-0.2, 0) is 11.2 Å². The number of thiazole rings is 1. The van der Waals surface area contributed by atoms with Crippen LogP contribution in [0.25, 0.3) is 22.4 Å². The molecule has 0 radical (unpaired) electrons. The van der Waals surface area contributed by atoms with Crippen LogP contribution in [0.1, 0.15) is 16.7 Å². The number of aromatic nitrogens is 1. The summed E-state index contributed by atoms with van der Waals surface area (Å²) < 4.78 is 11.3. The molecule has 0 aliphatic carbocycles. The first-order valence-electron chi connectivity index (χ1n) is 8.92. The van der Waals surface area contributed by atoms with Crippen molar-refractivity contribution in [3.05, 3.63) is 64.5 Å². The molecule has 142 valence electrons. The zero-order valence-electron chi connectivity index (χ0n) is 15.9. The molecule has 6 heteroatoms. The first kappa shape index (κ1) is 18.3. The molecule has 0 unspecified atom stereocenters. The Balaban J connectivity index is 1.50. The SMILES string of the molecule is COc1cccc2cc(-c3csc(NC(=O)Cc4ccc(C)cc4C)n3)oc12. The molecule has 0 aliphatic rings. The van der Waals surface area contributed by atoms with Gasteiger partial charge in [0.1, 0.15) is 5.69 Å². The molecule has 28 heavy (non-hydrogen) atoms. The largest absolute Gasteiger partial charge is 0.493 e. The molecule has 4 rings (SSSR count). The Hall–Kier alpha value is -3.12. The van der Waals surface area contributed by atoms with Gasteiger partial charge in [-0.05, 0) is 37.1 Å². The number of hydrogen-bond donors (Lipinski definition) is 1. The molecular weight excluding hydrogens is 372 g/mol. The molecule has 2 aromatic heterocycles. The van der Waals surface area contributed by atoms with Gasteiger partial charge in [-0.15, -0.1) is 11.3 Å². The van der Waals surface area contributed by atoms with E-state index in [1.807, 2.05) is 55.6 Å². The molecule has 0 saturated heterocycles. The number of carbonyl (C=O) groups is 1. The Morgan fingerprint density at radius 1 is 1.21 bits per heavy atom. The number of fused-ring (bicyclic) bond motifs is 1. The smallest absolute Gasteiger partial charge is 0.230 e. The van der Waals surface area contributed by atoms with Crippen LogP contribution < -0.4 is 10.1 Å². The second kappa shape index (κ2) is 7.48. The van der Waals surface area contributed by atoms with Crippen LogP contribution in [0.2, 0.25) is 0 Å². The Morgan fingerprint density at radius 2 is 2.07 bits per heavy atom. The highest BCUT2D eigenvalue weighted by molar-refractivity contribution is 7.14. The van der Waals surface area contributed by atoms with Crippen molar-refractivity contribution in [1.82, 2.24) is 4.98 Å². The average molecular weight is 392 g/mol. The Kier molecular flexibility index (Phi) is 4.88. The van der Waals surface area contributed by atoms with Crippen molar-refractivity contribution < 1.29 is 13.9 Å². The highest BCUT2D eigenvalue weighted by atomic mass is 32.1. The van der Waals surface area contributed by atoms with Gasteiger partial charge < -0.3 is 14.5 Å². The molecular formula is C22H20N2O3S. The predicted octanol–water partition coefficient (Wildman–Crippen LogP) is 5.36. The summed E-state index contributed by atoms with van der Waals surface area (Å²) in [4.78, 5) is 16.9. The number of amides is 1. The molecule has 0 fully saturated rings. The summed E-state index contributed by atoms with van der Waals surface area (Å²) in [5.41, 5.74) is 4.70. The van der Waals surface area contributed by atoms with Crippen LogP contribution >= 0.6 is 11.3 Å². The van der Waals surface area contributed by atoms with Crippen LogP contribution in [0.4, 0.5) is 5.13 Å². The number of aryl methyl sites for hydroxylation is 2. The first-order chi connectivity index (χ1) is 13.5. The van der Waals surface area contributed by atoms with Crippen LogP contribution in [-0.4, -0.2) is 18.0 Å². The fraction of sp³-hybridized carbons (Fsp3) is 0.182. The molecule has 0 saturated carbocycles. The molecule has 5 nitrogen and oxygen atoms in total. The molecule has 1 amide bonds. The van der Waals surface area contributed by atoms with Crippen molar-refractivity contribution in [2.75, 3.05) is 12.4 Å². The monoisotopic (exact) mass is 392 g/mol. The number of hydrogen-bond acceptors (Lipinski definition) is 5. The average Bonchev–Trinajstić information content (AvgIpc) is 3.30. The van der Waals surface area contributed by atoms with E-state index in [0.29, 0.717) is 34.3 Å². The van der Waals surface area contributed by atoms with E-state index in [9.17, 15) is 4.79 Å². The fourth-order valence-corrected chi connectivity index (χ4v) is 3.86. The van der Waals surface area contributed by atoms with E-state index in [2.05, 4.69) is 16.4 Å². The molecule has 0 atom stereocenters. The van der Waals surface area contributed by atoms with Crippen LogP contribution in [0, 0.1) is 13.8 Å². The van der Waals surface area contributed by atoms with Crippen molar-refractivity contribution in [1.29, 1.82) is 0 Å². The number of furan rings is 1. The van der Waals surface area contributed by atoms with E-state index < -0.39 is 0 Å². The van der Waals surface area contributed by atoms with Crippen LogP contribution in [0.3, 0.4) is 0 Å². The lowest BCUT2D eigenvalue weighted by Crippen LogP contribution is -2.14. The van der Waals surface area contributed by atoms with Crippen LogP contribution in [0.5, 0.6) is 5.75 Å². The maximum atomic E-state index is 12.4. The van der Waals surface area contributed by atoms with Gasteiger partial charge in [-0.1, -0.05) is 35.9 Å². The standard InChI is InChI=1S/C22H20N2O3S/c1-13-7-8-15(14(2)9-13)11-20(25)24-22-23-17(12-28-22)19-10-16-5-4-6-18(26-3)21(16)27-19/h4-10,12H,11H2,1-3H3,(H,23,24,25). The maximum Gasteiger partial charge on any atom is 0.230 e. The topological polar surface area (TPSA) is 64.4 Å². The number of carbonyl (C=O) groups excluding carboxylic acids is 1. The Morgan fingerprint density at radius 3 is 2.86 bits per heavy atom. The summed E-state index contributed by atoms with van der Waals surface area (Å²) in [5.74, 6) is 1.24. The number of para-hydroxylation sites is 1. The van der Waals surface area contributed by atoms with Crippen molar-refractivity contribution in [3.8, 4) is 17.2 Å². The number of ether oxygens (including phenoxy) is 1. The zero-order valence-corrected chi connectivity index (χ0v) is 16.7. The van der Waals surface area contributed by atoms with Crippen molar-refractivity contribution in [2.45, 2.75) is 20.3 Å². The number of rotatable bonds is 5. The third-order valence-electron chi connectivity index (χ3n) is 4.58. The molecule has 1 N–H and O–H groups in total. The van der Waals surface area contributed by atoms with Gasteiger partial charge in [0, 0.05) is 10.8 Å². The van der Waals surface area contributed by atoms with Gasteiger partial charge in [0.2, 0.25) is 5.91 Å². The van der Waals surface area contributed by atoms with E-state index in [1.165, 1.54) is 16.9 Å². The van der Waals surface area contributed by atoms with Gasteiger partial charge >= 0.3 is 0 Å². The Bertz CT molecular complexity index is 1160. The summed E-state index contributed by atoms with van der Waals surface area (Å²) in [6, 6.07) is 13.8. The third kappa shape index (κ3) is 3.64. The van der Waals surface area contributed by atoms with Gasteiger partial charge in [-0.3, -0.25) is 4.79 Å². The minimum absolute atomic E-state index is 0.0841. The lowest BCUT2D eigenvalue weighted by molar-refractivity contribution is -0.115. The molecule has 0 aliphatic heterocycles. The van der Waals surface area contributed by atoms with E-state index in [1.54, 1.807) is 7.11 Å². The highest BCUT2D eigenvalue weighted by Crippen LogP contribution is 2.34. The third-order valence-corrected chi connectivity index (χ3v) is 5.34. The van der Waals surface area contributed by atoms with E-state index in [4.69, 9.17) is 9.15 Å². The highest BCUT2D eigenvalue weighted by Gasteiger charge is 2.14. The summed E-state index contributed by atoms with van der Waals surface area (Å²) >= 11 is 1.38. The van der Waals surface area contributed by atoms with Crippen molar-refractivity contribution >= 4 is 33.3 Å². The molecule has 2 aromatic carbocycles. The second-order valence-corrected chi connectivity index (χ2v) is 7.54. The number of anilines is 1. The van der Waals surface area contributed by atoms with Gasteiger partial charge in [0.25, 0.3) is 0 Å². The number of nitrogens with one attached hydrogen (secondary N) is 1. The molecule has 0 spiro atoms. The molecule has 4 aromatic rings. The number of benzene rings is 2. The maximum absolute atomic E-state index is 12.4. The summed E-state index contributed by atoms with van der Waals surface area (Å²) in [5, 5.41) is 6.25. The summed E-state index contributed by atoms with van der Waals surface area (Å²) in [6.45, 7) is 4.06. The van der Waals surface area contributed by atoms with Gasteiger partial charge in [-0.25, -0.2) is 4.98 Å². The zero-order chi connectivity index (χ0) is 19.7. The lowest BCUT2D eigenvalue weighted by Gasteiger charge is -2.06. The van der Waals surface area contributed by atoms with Gasteiger partial charge in [-0.2, -0.15) is 0 Å². The van der Waals surface area contributed by atoms with E-state index in [0.717, 1.165) is 16.5 Å². The van der Waals surface area contributed by atoms with Crippen LogP contribution in [0.15, 0.2) is 52.3 Å². The minimum Gasteiger partial charge on any atom is -0.493 e. The van der Waals surface area contributed by atoms with E-state index in [-0.39, 0.29) is 5.91 Å². The fourth-order valence-electron chi connectivity index (χ4n) is 3.15. The Labute approximate surface area is 167 Å². The number of nitrogens with zero attached hydrogens (tertiary/aromatic N) is 1. The van der Waals surface area contributed by atoms with Gasteiger partial charge in [0.15, 0.2) is 22.2 Å².